The lowest BCUT2D eigenvalue weighted by Gasteiger charge is -2.05. The number of nitrogens with zero attached hydrogens (tertiary/aromatic N) is 1. The fourth-order valence-electron chi connectivity index (χ4n) is 1.45. The van der Waals surface area contributed by atoms with E-state index in [9.17, 15) is 9.59 Å². The number of aryl methyl sites for hydroxylation is 1. The summed E-state index contributed by atoms with van der Waals surface area (Å²) in [5.41, 5.74) is 5.83. The van der Waals surface area contributed by atoms with Crippen LogP contribution in [0.15, 0.2) is 38.5 Å². The Labute approximate surface area is 118 Å². The minimum atomic E-state index is -0.470. The zero-order valence-electron chi connectivity index (χ0n) is 10.1. The topological polar surface area (TPSA) is 78.2 Å². The van der Waals surface area contributed by atoms with E-state index in [4.69, 9.17) is 21.9 Å². The lowest BCUT2D eigenvalue weighted by molar-refractivity contribution is 0.0813. The average Bonchev–Trinajstić information content (AvgIpc) is 2.69. The second-order valence-electron chi connectivity index (χ2n) is 3.84. The maximum absolute atomic E-state index is 11.8. The van der Waals surface area contributed by atoms with Crippen LogP contribution >= 0.6 is 23.4 Å². The molecule has 2 N–H and O–H groups in total. The van der Waals surface area contributed by atoms with E-state index in [1.165, 1.54) is 17.8 Å². The van der Waals surface area contributed by atoms with Crippen molar-refractivity contribution in [2.75, 3.05) is 11.5 Å². The minimum absolute atomic E-state index is 0.0391. The van der Waals surface area contributed by atoms with Gasteiger partial charge in [-0.05, 0) is 25.1 Å². The van der Waals surface area contributed by atoms with Crippen LogP contribution in [0.1, 0.15) is 10.6 Å². The molecule has 0 atom stereocenters. The maximum Gasteiger partial charge on any atom is 0.290 e. The molecule has 2 aromatic rings. The standard InChI is InChI=1S/C12H11ClN2O3S/c1-7-4-11(16)15(18-7)12(17)6-19-10-5-8(13)2-3-9(10)14/h2-5H,6,14H2,1H3. The van der Waals surface area contributed by atoms with Crippen molar-refractivity contribution in [3.63, 3.8) is 0 Å². The highest BCUT2D eigenvalue weighted by atomic mass is 35.5. The number of aromatic nitrogens is 1. The number of benzene rings is 1. The van der Waals surface area contributed by atoms with Crippen LogP contribution in [0.4, 0.5) is 5.69 Å². The van der Waals surface area contributed by atoms with Crippen molar-refractivity contribution >= 4 is 35.0 Å². The normalized spacial score (nSPS) is 10.6. The number of anilines is 1. The zero-order chi connectivity index (χ0) is 14.0. The molecule has 0 saturated carbocycles. The lowest BCUT2D eigenvalue weighted by atomic mass is 10.3. The molecule has 0 aliphatic rings. The van der Waals surface area contributed by atoms with Crippen LogP contribution in [0, 0.1) is 6.92 Å². The number of hydrogen-bond donors (Lipinski definition) is 1. The largest absolute Gasteiger partial charge is 0.398 e. The van der Waals surface area contributed by atoms with Crippen LogP contribution in [-0.2, 0) is 0 Å². The number of thioether (sulfide) groups is 1. The quantitative estimate of drug-likeness (QED) is 0.695. The van der Waals surface area contributed by atoms with Crippen molar-refractivity contribution < 1.29 is 9.32 Å². The zero-order valence-corrected chi connectivity index (χ0v) is 11.6. The molecule has 1 aromatic heterocycles. The van der Waals surface area contributed by atoms with E-state index in [0.29, 0.717) is 21.4 Å². The first-order valence-electron chi connectivity index (χ1n) is 5.38. The highest BCUT2D eigenvalue weighted by Crippen LogP contribution is 2.28. The predicted octanol–water partition coefficient (Wildman–Crippen LogP) is 2.42. The Morgan fingerprint density at radius 2 is 2.21 bits per heavy atom. The molecule has 0 aliphatic heterocycles. The summed E-state index contributed by atoms with van der Waals surface area (Å²) in [5, 5.41) is 0.537. The maximum atomic E-state index is 11.8. The molecule has 1 aromatic carbocycles. The van der Waals surface area contributed by atoms with E-state index in [0.717, 1.165) is 4.74 Å². The van der Waals surface area contributed by atoms with Crippen molar-refractivity contribution in [3.8, 4) is 0 Å². The van der Waals surface area contributed by atoms with Crippen LogP contribution in [0.5, 0.6) is 0 Å². The average molecular weight is 299 g/mol. The fourth-order valence-corrected chi connectivity index (χ4v) is 2.53. The van der Waals surface area contributed by atoms with Gasteiger partial charge in [-0.25, -0.2) is 0 Å². The third kappa shape index (κ3) is 3.21. The van der Waals surface area contributed by atoms with E-state index >= 15 is 0 Å². The monoisotopic (exact) mass is 298 g/mol. The molecule has 2 rings (SSSR count). The highest BCUT2D eigenvalue weighted by Gasteiger charge is 2.13. The van der Waals surface area contributed by atoms with E-state index < -0.39 is 11.5 Å². The Hall–Kier alpha value is -1.66. The summed E-state index contributed by atoms with van der Waals surface area (Å²) in [6, 6.07) is 6.27. The summed E-state index contributed by atoms with van der Waals surface area (Å²) in [6.07, 6.45) is 0. The molecule has 0 spiro atoms. The molecule has 100 valence electrons. The lowest BCUT2D eigenvalue weighted by Crippen LogP contribution is -2.23. The number of halogens is 1. The van der Waals surface area contributed by atoms with Gasteiger partial charge in [0.15, 0.2) is 0 Å². The molecule has 0 radical (unpaired) electrons. The van der Waals surface area contributed by atoms with Gasteiger partial charge in [-0.15, -0.1) is 16.5 Å². The smallest absolute Gasteiger partial charge is 0.290 e. The predicted molar refractivity (Wildman–Crippen MR) is 74.9 cm³/mol. The van der Waals surface area contributed by atoms with Crippen molar-refractivity contribution in [3.05, 3.63) is 45.4 Å². The number of rotatable bonds is 3. The van der Waals surface area contributed by atoms with E-state index in [-0.39, 0.29) is 5.75 Å². The second kappa shape index (κ2) is 5.54. The molecule has 19 heavy (non-hydrogen) atoms. The third-order valence-electron chi connectivity index (χ3n) is 2.32. The van der Waals surface area contributed by atoms with Gasteiger partial charge >= 0.3 is 0 Å². The Balaban J connectivity index is 2.10. The van der Waals surface area contributed by atoms with Crippen molar-refractivity contribution in [1.82, 2.24) is 4.74 Å². The van der Waals surface area contributed by atoms with Gasteiger partial charge in [0.2, 0.25) is 0 Å². The van der Waals surface area contributed by atoms with Crippen molar-refractivity contribution in [2.45, 2.75) is 11.8 Å². The number of nitrogen functional groups attached to an aromatic ring is 1. The molecule has 5 nitrogen and oxygen atoms in total. The minimum Gasteiger partial charge on any atom is -0.398 e. The first kappa shape index (κ1) is 13.8. The number of nitrogens with two attached hydrogens (primary N) is 1. The van der Waals surface area contributed by atoms with Gasteiger partial charge in [-0.3, -0.25) is 9.59 Å². The summed E-state index contributed by atoms with van der Waals surface area (Å²) in [6.45, 7) is 1.60. The first-order chi connectivity index (χ1) is 8.97. The number of carbonyl (C=O) groups excluding carboxylic acids is 1. The number of carbonyl (C=O) groups is 1. The van der Waals surface area contributed by atoms with E-state index in [2.05, 4.69) is 0 Å². The highest BCUT2D eigenvalue weighted by molar-refractivity contribution is 8.00. The molecule has 1 heterocycles. The van der Waals surface area contributed by atoms with Crippen LogP contribution in [-0.4, -0.2) is 16.4 Å². The molecule has 0 fully saturated rings. The van der Waals surface area contributed by atoms with Crippen LogP contribution in [0.25, 0.3) is 0 Å². The van der Waals surface area contributed by atoms with Gasteiger partial charge in [0, 0.05) is 21.7 Å². The summed E-state index contributed by atoms with van der Waals surface area (Å²) < 4.78 is 5.74. The van der Waals surface area contributed by atoms with E-state index in [1.54, 1.807) is 25.1 Å². The Morgan fingerprint density at radius 3 is 2.84 bits per heavy atom. The van der Waals surface area contributed by atoms with Gasteiger partial charge in [0.1, 0.15) is 5.76 Å². The molecule has 7 heteroatoms. The fraction of sp³-hybridized carbons (Fsp3) is 0.167. The van der Waals surface area contributed by atoms with Gasteiger partial charge in [0.05, 0.1) is 5.75 Å². The summed E-state index contributed by atoms with van der Waals surface area (Å²) in [5.74, 6) is -0.00897. The first-order valence-corrected chi connectivity index (χ1v) is 6.75. The molecule has 0 bridgehead atoms. The number of hydrogen-bond acceptors (Lipinski definition) is 5. The third-order valence-corrected chi connectivity index (χ3v) is 3.61. The van der Waals surface area contributed by atoms with Crippen LogP contribution in [0.2, 0.25) is 5.02 Å². The van der Waals surface area contributed by atoms with Crippen LogP contribution in [0.3, 0.4) is 0 Å². The SMILES string of the molecule is Cc1cc(=O)n(C(=O)CSc2cc(Cl)ccc2N)o1. The van der Waals surface area contributed by atoms with Gasteiger partial charge in [-0.2, -0.15) is 0 Å². The Bertz CT molecular complexity index is 678. The van der Waals surface area contributed by atoms with Gasteiger partial charge in [-0.1, -0.05) is 11.6 Å². The van der Waals surface area contributed by atoms with Gasteiger partial charge in [0.25, 0.3) is 11.5 Å². The van der Waals surface area contributed by atoms with Crippen molar-refractivity contribution in [1.29, 1.82) is 0 Å². The molecule has 0 aliphatic carbocycles. The molecule has 0 unspecified atom stereocenters. The summed E-state index contributed by atoms with van der Waals surface area (Å²) >= 11 is 7.05. The summed E-state index contributed by atoms with van der Waals surface area (Å²) in [4.78, 5) is 23.9. The van der Waals surface area contributed by atoms with Crippen molar-refractivity contribution in [2.24, 2.45) is 0 Å². The second-order valence-corrected chi connectivity index (χ2v) is 5.30. The van der Waals surface area contributed by atoms with Gasteiger partial charge < -0.3 is 10.3 Å². The molecular weight excluding hydrogens is 288 g/mol. The Morgan fingerprint density at radius 1 is 1.47 bits per heavy atom. The molecule has 0 amide bonds. The molecule has 0 saturated heterocycles. The van der Waals surface area contributed by atoms with Crippen LogP contribution < -0.4 is 11.3 Å². The molecular formula is C12H11ClN2O3S. The Kier molecular flexibility index (Phi) is 4.01. The summed E-state index contributed by atoms with van der Waals surface area (Å²) in [7, 11) is 0. The van der Waals surface area contributed by atoms with E-state index in [1.807, 2.05) is 0 Å².